The van der Waals surface area contributed by atoms with Gasteiger partial charge in [0.25, 0.3) is 0 Å². The summed E-state index contributed by atoms with van der Waals surface area (Å²) in [5, 5.41) is 0.0505. The van der Waals surface area contributed by atoms with Crippen LogP contribution in [0.15, 0.2) is 11.8 Å². The summed E-state index contributed by atoms with van der Waals surface area (Å²) in [6.07, 6.45) is 0.445. The average Bonchev–Trinajstić information content (AvgIpc) is 2.20. The molecule has 0 fully saturated rings. The lowest BCUT2D eigenvalue weighted by Crippen LogP contribution is -2.51. The van der Waals surface area contributed by atoms with E-state index < -0.39 is 27.2 Å². The Labute approximate surface area is 119 Å². The predicted octanol–water partition coefficient (Wildman–Crippen LogP) is 3.65. The summed E-state index contributed by atoms with van der Waals surface area (Å²) in [6.45, 7) is 18.3. The van der Waals surface area contributed by atoms with Crippen molar-refractivity contribution in [3.8, 4) is 0 Å². The molecular formula is C14H28O3Si2. The second-order valence-electron chi connectivity index (χ2n) is 7.23. The van der Waals surface area contributed by atoms with Crippen molar-refractivity contribution in [2.45, 2.75) is 57.7 Å². The van der Waals surface area contributed by atoms with Gasteiger partial charge in [0, 0.05) is 0 Å². The van der Waals surface area contributed by atoms with Crippen LogP contribution < -0.4 is 0 Å². The summed E-state index contributed by atoms with van der Waals surface area (Å²) < 4.78 is 4.97. The number of Topliss-reactive ketones (excluding diaryl/α,β-unsaturated/α-hetero) is 1. The zero-order valence-electron chi connectivity index (χ0n) is 13.6. The van der Waals surface area contributed by atoms with Gasteiger partial charge in [-0.05, 0) is 13.3 Å². The molecule has 0 saturated carbocycles. The highest BCUT2D eigenvalue weighted by Crippen LogP contribution is 2.47. The molecule has 5 heteroatoms. The molecular weight excluding hydrogens is 272 g/mol. The molecule has 0 radical (unpaired) electrons. The van der Waals surface area contributed by atoms with Crippen LogP contribution in [0.2, 0.25) is 44.3 Å². The summed E-state index contributed by atoms with van der Waals surface area (Å²) in [7, 11) is -2.32. The molecule has 110 valence electrons. The molecule has 0 aliphatic heterocycles. The lowest BCUT2D eigenvalue weighted by molar-refractivity contribution is -0.147. The van der Waals surface area contributed by atoms with Crippen molar-refractivity contribution in [2.75, 3.05) is 7.11 Å². The van der Waals surface area contributed by atoms with Gasteiger partial charge in [-0.15, -0.1) is 6.58 Å². The molecule has 0 amide bonds. The molecule has 0 heterocycles. The van der Waals surface area contributed by atoms with Crippen LogP contribution >= 0.6 is 0 Å². The molecule has 0 aromatic carbocycles. The van der Waals surface area contributed by atoms with E-state index in [1.165, 1.54) is 14.0 Å². The Morgan fingerprint density at radius 3 is 1.74 bits per heavy atom. The van der Waals surface area contributed by atoms with Gasteiger partial charge in [0.05, 0.1) is 23.3 Å². The molecule has 1 atom stereocenters. The van der Waals surface area contributed by atoms with Crippen LogP contribution in [0.1, 0.15) is 13.3 Å². The quantitative estimate of drug-likeness (QED) is 0.427. The lowest BCUT2D eigenvalue weighted by Gasteiger charge is -2.41. The maximum Gasteiger partial charge on any atom is 0.316 e. The highest BCUT2D eigenvalue weighted by Gasteiger charge is 2.55. The van der Waals surface area contributed by atoms with Crippen LogP contribution in [0.5, 0.6) is 0 Å². The first-order valence-electron chi connectivity index (χ1n) is 6.58. The molecule has 0 aliphatic carbocycles. The topological polar surface area (TPSA) is 43.4 Å². The van der Waals surface area contributed by atoms with Crippen LogP contribution in [-0.4, -0.2) is 35.0 Å². The second-order valence-corrected chi connectivity index (χ2v) is 17.8. The molecule has 0 N–H and O–H groups in total. The Bertz CT molecular complexity index is 388. The number of hydrogen-bond donors (Lipinski definition) is 0. The fourth-order valence-corrected chi connectivity index (χ4v) is 5.69. The van der Waals surface area contributed by atoms with Crippen molar-refractivity contribution >= 4 is 27.9 Å². The monoisotopic (exact) mass is 300 g/mol. The van der Waals surface area contributed by atoms with Gasteiger partial charge in [-0.3, -0.25) is 9.59 Å². The summed E-state index contributed by atoms with van der Waals surface area (Å²) >= 11 is 0. The van der Waals surface area contributed by atoms with Crippen LogP contribution in [0.4, 0.5) is 0 Å². The molecule has 0 bridgehead atoms. The van der Waals surface area contributed by atoms with E-state index in [-0.39, 0.29) is 5.78 Å². The first-order chi connectivity index (χ1) is 8.30. The van der Waals surface area contributed by atoms with Gasteiger partial charge in [0.2, 0.25) is 0 Å². The van der Waals surface area contributed by atoms with Crippen molar-refractivity contribution in [3.05, 3.63) is 11.8 Å². The van der Waals surface area contributed by atoms with Gasteiger partial charge in [0.15, 0.2) is 0 Å². The molecule has 0 aromatic rings. The molecule has 0 aromatic heterocycles. The zero-order valence-corrected chi connectivity index (χ0v) is 15.6. The fraction of sp³-hybridized carbons (Fsp3) is 0.714. The summed E-state index contributed by atoms with van der Waals surface area (Å²) in [6, 6.07) is 0. The number of ketones is 1. The Balaban J connectivity index is 5.84. The van der Waals surface area contributed by atoms with Crippen LogP contribution in [0, 0.1) is 0 Å². The molecule has 1 unspecified atom stereocenters. The number of rotatable bonds is 6. The van der Waals surface area contributed by atoms with E-state index in [1.54, 1.807) is 0 Å². The van der Waals surface area contributed by atoms with Crippen molar-refractivity contribution in [1.82, 2.24) is 0 Å². The summed E-state index contributed by atoms with van der Waals surface area (Å²) in [5.41, 5.74) is 0. The average molecular weight is 301 g/mol. The van der Waals surface area contributed by atoms with E-state index in [2.05, 4.69) is 26.2 Å². The van der Waals surface area contributed by atoms with E-state index >= 15 is 0 Å². The molecule has 0 rings (SSSR count). The molecule has 0 saturated heterocycles. The number of hydrogen-bond acceptors (Lipinski definition) is 3. The smallest absolute Gasteiger partial charge is 0.316 e. The Kier molecular flexibility index (Phi) is 5.54. The summed E-state index contributed by atoms with van der Waals surface area (Å²) in [5.74, 6) is -0.475. The van der Waals surface area contributed by atoms with E-state index in [0.717, 1.165) is 5.20 Å². The van der Waals surface area contributed by atoms with Gasteiger partial charge >= 0.3 is 5.97 Å². The van der Waals surface area contributed by atoms with E-state index in [0.29, 0.717) is 6.42 Å². The minimum atomic E-state index is -2.09. The van der Waals surface area contributed by atoms with Gasteiger partial charge in [0.1, 0.15) is 10.8 Å². The normalized spacial score (nSPS) is 15.6. The second kappa shape index (κ2) is 5.75. The highest BCUT2D eigenvalue weighted by atomic mass is 28.3. The highest BCUT2D eigenvalue weighted by molar-refractivity contribution is 6.87. The Morgan fingerprint density at radius 2 is 1.53 bits per heavy atom. The van der Waals surface area contributed by atoms with Gasteiger partial charge in [-0.2, -0.15) is 0 Å². The minimum Gasteiger partial charge on any atom is -0.468 e. The number of methoxy groups -OCH3 is 1. The zero-order chi connectivity index (χ0) is 15.6. The van der Waals surface area contributed by atoms with Crippen molar-refractivity contribution in [3.63, 3.8) is 0 Å². The van der Waals surface area contributed by atoms with Crippen molar-refractivity contribution in [2.24, 2.45) is 0 Å². The Hall–Kier alpha value is -0.686. The standard InChI is InChI=1S/C14H28O3Si2/c1-11(18(4,5)6)10-14(12(2)15,13(16)17-3)19(7,8)9/h1,10H2,2-9H3. The van der Waals surface area contributed by atoms with E-state index in [1.807, 2.05) is 19.6 Å². The fourth-order valence-electron chi connectivity index (χ4n) is 2.20. The maximum atomic E-state index is 12.4. The third-order valence-electron chi connectivity index (χ3n) is 3.95. The third-order valence-corrected chi connectivity index (χ3v) is 9.55. The third kappa shape index (κ3) is 3.66. The Morgan fingerprint density at radius 1 is 1.11 bits per heavy atom. The number of carbonyl (C=O) groups is 2. The van der Waals surface area contributed by atoms with Gasteiger partial charge in [-0.1, -0.05) is 44.5 Å². The largest absolute Gasteiger partial charge is 0.468 e. The number of ether oxygens (including phenoxy) is 1. The number of carbonyl (C=O) groups excluding carboxylic acids is 2. The molecule has 19 heavy (non-hydrogen) atoms. The number of allylic oxidation sites excluding steroid dienone is 1. The molecule has 0 spiro atoms. The lowest BCUT2D eigenvalue weighted by atomic mass is 9.99. The predicted molar refractivity (Wildman–Crippen MR) is 85.8 cm³/mol. The summed E-state index contributed by atoms with van der Waals surface area (Å²) in [4.78, 5) is 24.6. The minimum absolute atomic E-state index is 0.0853. The van der Waals surface area contributed by atoms with E-state index in [9.17, 15) is 9.59 Å². The van der Waals surface area contributed by atoms with Gasteiger partial charge in [-0.25, -0.2) is 0 Å². The molecule has 0 aliphatic rings. The van der Waals surface area contributed by atoms with Gasteiger partial charge < -0.3 is 4.74 Å². The van der Waals surface area contributed by atoms with E-state index in [4.69, 9.17) is 4.74 Å². The first-order valence-corrected chi connectivity index (χ1v) is 13.6. The SMILES string of the molecule is C=C(CC(C(C)=O)(C(=O)OC)[Si](C)(C)C)[Si](C)(C)C. The molecule has 3 nitrogen and oxygen atoms in total. The van der Waals surface area contributed by atoms with Crippen molar-refractivity contribution in [1.29, 1.82) is 0 Å². The number of esters is 1. The first kappa shape index (κ1) is 18.3. The van der Waals surface area contributed by atoms with Crippen LogP contribution in [-0.2, 0) is 14.3 Å². The van der Waals surface area contributed by atoms with Crippen LogP contribution in [0.25, 0.3) is 0 Å². The maximum absolute atomic E-state index is 12.4. The van der Waals surface area contributed by atoms with Crippen LogP contribution in [0.3, 0.4) is 0 Å². The van der Waals surface area contributed by atoms with Crippen molar-refractivity contribution < 1.29 is 14.3 Å².